The highest BCUT2D eigenvalue weighted by molar-refractivity contribution is 6.35. The molecular formula is C25H28Cl2N6O. The number of amides is 1. The van der Waals surface area contributed by atoms with Crippen LogP contribution in [0.1, 0.15) is 56.1 Å². The largest absolute Gasteiger partial charge is 0.335 e. The molecule has 2 unspecified atom stereocenters. The van der Waals surface area contributed by atoms with E-state index in [1.807, 2.05) is 41.8 Å². The number of fused-ring (bicyclic) bond motifs is 1. The number of nitrogens with zero attached hydrogens (tertiary/aromatic N) is 5. The van der Waals surface area contributed by atoms with Crippen LogP contribution in [0, 0.1) is 6.92 Å². The molecular weight excluding hydrogens is 471 g/mol. The molecule has 0 spiro atoms. The van der Waals surface area contributed by atoms with E-state index in [0.29, 0.717) is 16.6 Å². The van der Waals surface area contributed by atoms with Gasteiger partial charge in [0, 0.05) is 22.6 Å². The van der Waals surface area contributed by atoms with Gasteiger partial charge in [-0.25, -0.2) is 14.6 Å². The maximum Gasteiger partial charge on any atom is 0.240 e. The molecule has 1 aromatic carbocycles. The first kappa shape index (κ1) is 23.3. The molecule has 0 radical (unpaired) electrons. The Hall–Kier alpha value is -2.48. The van der Waals surface area contributed by atoms with Gasteiger partial charge in [0.25, 0.3) is 0 Å². The summed E-state index contributed by atoms with van der Waals surface area (Å²) in [7, 11) is 0. The minimum Gasteiger partial charge on any atom is -0.335 e. The summed E-state index contributed by atoms with van der Waals surface area (Å²) in [6.45, 7) is 7.58. The summed E-state index contributed by atoms with van der Waals surface area (Å²) in [5.74, 6) is 0.198. The van der Waals surface area contributed by atoms with E-state index in [1.54, 1.807) is 6.07 Å². The maximum atomic E-state index is 12.9. The van der Waals surface area contributed by atoms with Crippen LogP contribution in [0.5, 0.6) is 0 Å². The molecule has 9 heteroatoms. The van der Waals surface area contributed by atoms with Gasteiger partial charge in [0.05, 0.1) is 29.7 Å². The van der Waals surface area contributed by atoms with Crippen molar-refractivity contribution < 1.29 is 4.79 Å². The fraction of sp³-hybridized carbons (Fsp3) is 0.440. The highest BCUT2D eigenvalue weighted by atomic mass is 35.5. The minimum absolute atomic E-state index is 0.0490. The van der Waals surface area contributed by atoms with Gasteiger partial charge in [0.2, 0.25) is 5.91 Å². The molecule has 1 saturated heterocycles. The summed E-state index contributed by atoms with van der Waals surface area (Å²) in [5.41, 5.74) is 5.15. The van der Waals surface area contributed by atoms with Crippen molar-refractivity contribution >= 4 is 45.8 Å². The van der Waals surface area contributed by atoms with Crippen molar-refractivity contribution in [3.63, 3.8) is 0 Å². The van der Waals surface area contributed by atoms with E-state index >= 15 is 0 Å². The third-order valence-electron chi connectivity index (χ3n) is 6.90. The molecule has 178 valence electrons. The Morgan fingerprint density at radius 2 is 2.12 bits per heavy atom. The molecule has 2 aliphatic heterocycles. The monoisotopic (exact) mass is 498 g/mol. The van der Waals surface area contributed by atoms with Crippen LogP contribution in [0.2, 0.25) is 10.0 Å². The Morgan fingerprint density at radius 3 is 2.82 bits per heavy atom. The van der Waals surface area contributed by atoms with E-state index in [1.165, 1.54) is 0 Å². The summed E-state index contributed by atoms with van der Waals surface area (Å²) in [6, 6.07) is 5.41. The van der Waals surface area contributed by atoms with Gasteiger partial charge in [-0.05, 0) is 69.8 Å². The molecule has 0 saturated carbocycles. The lowest BCUT2D eigenvalue weighted by Gasteiger charge is -2.34. The molecule has 2 aromatic heterocycles. The maximum absolute atomic E-state index is 12.9. The first-order valence-electron chi connectivity index (χ1n) is 11.7. The molecule has 34 heavy (non-hydrogen) atoms. The number of carbonyl (C=O) groups is 1. The van der Waals surface area contributed by atoms with Gasteiger partial charge < -0.3 is 10.2 Å². The highest BCUT2D eigenvalue weighted by Crippen LogP contribution is 2.32. The summed E-state index contributed by atoms with van der Waals surface area (Å²) >= 11 is 12.6. The average molecular weight is 499 g/mol. The molecule has 0 bridgehead atoms. The fourth-order valence-electron chi connectivity index (χ4n) is 4.96. The fourth-order valence-corrected chi connectivity index (χ4v) is 5.53. The number of hydrogen-bond acceptors (Lipinski definition) is 5. The standard InChI is InChI=1S/C25H28Cl2N6O/c1-14-11-17(8-10-32(14)25(34)21-5-4-9-28-21)22-13-29-23-15(2)31-33(24(23)30-22)16(3)19-7-6-18(26)12-20(19)27/h6-8,12-14,16,21,28H,4-5,9-11H2,1-3H3/t14-,16?,21?/m1/s1. The molecule has 1 amide bonds. The van der Waals surface area contributed by atoms with E-state index in [0.717, 1.165) is 59.5 Å². The number of rotatable bonds is 4. The summed E-state index contributed by atoms with van der Waals surface area (Å²) in [5, 5.41) is 9.24. The topological polar surface area (TPSA) is 75.9 Å². The van der Waals surface area contributed by atoms with E-state index in [2.05, 4.69) is 18.3 Å². The van der Waals surface area contributed by atoms with Crippen LogP contribution in [0.3, 0.4) is 0 Å². The first-order valence-corrected chi connectivity index (χ1v) is 12.5. The lowest BCUT2D eigenvalue weighted by atomic mass is 9.98. The number of aryl methyl sites for hydroxylation is 1. The van der Waals surface area contributed by atoms with Crippen molar-refractivity contribution in [2.75, 3.05) is 13.1 Å². The van der Waals surface area contributed by atoms with Gasteiger partial charge in [-0.3, -0.25) is 4.79 Å². The second-order valence-corrected chi connectivity index (χ2v) is 10.1. The summed E-state index contributed by atoms with van der Waals surface area (Å²) < 4.78 is 1.88. The minimum atomic E-state index is -0.142. The smallest absolute Gasteiger partial charge is 0.240 e. The Balaban J connectivity index is 1.45. The Kier molecular flexibility index (Phi) is 6.35. The molecule has 3 aromatic rings. The van der Waals surface area contributed by atoms with E-state index in [9.17, 15) is 4.79 Å². The van der Waals surface area contributed by atoms with Crippen LogP contribution in [-0.2, 0) is 4.79 Å². The number of hydrogen-bond donors (Lipinski definition) is 1. The molecule has 2 aliphatic rings. The van der Waals surface area contributed by atoms with E-state index in [-0.39, 0.29) is 24.0 Å². The molecule has 4 heterocycles. The van der Waals surface area contributed by atoms with E-state index in [4.69, 9.17) is 38.3 Å². The third kappa shape index (κ3) is 4.21. The zero-order valence-electron chi connectivity index (χ0n) is 19.6. The number of carbonyl (C=O) groups excluding carboxylic acids is 1. The SMILES string of the molecule is Cc1nn(C(C)c2ccc(Cl)cc2Cl)c2nc(C3=CCN(C(=O)C4CCCN4)[C@H](C)C3)cnc12. The predicted octanol–water partition coefficient (Wildman–Crippen LogP) is 4.81. The highest BCUT2D eigenvalue weighted by Gasteiger charge is 2.32. The second-order valence-electron chi connectivity index (χ2n) is 9.22. The van der Waals surface area contributed by atoms with Crippen molar-refractivity contribution in [2.24, 2.45) is 0 Å². The van der Waals surface area contributed by atoms with Crippen LogP contribution in [-0.4, -0.2) is 55.7 Å². The van der Waals surface area contributed by atoms with Crippen LogP contribution in [0.4, 0.5) is 0 Å². The third-order valence-corrected chi connectivity index (χ3v) is 7.47. The quantitative estimate of drug-likeness (QED) is 0.558. The normalized spacial score (nSPS) is 21.7. The number of aromatic nitrogens is 4. The lowest BCUT2D eigenvalue weighted by molar-refractivity contribution is -0.134. The number of halogens is 2. The summed E-state index contributed by atoms with van der Waals surface area (Å²) in [4.78, 5) is 24.6. The molecule has 7 nitrogen and oxygen atoms in total. The van der Waals surface area contributed by atoms with Gasteiger partial charge in [0.15, 0.2) is 5.65 Å². The van der Waals surface area contributed by atoms with Gasteiger partial charge in [-0.1, -0.05) is 35.3 Å². The molecule has 5 rings (SSSR count). The van der Waals surface area contributed by atoms with Crippen molar-refractivity contribution in [2.45, 2.75) is 58.2 Å². The van der Waals surface area contributed by atoms with Crippen LogP contribution >= 0.6 is 23.2 Å². The predicted molar refractivity (Wildman–Crippen MR) is 135 cm³/mol. The number of nitrogens with one attached hydrogen (secondary N) is 1. The lowest BCUT2D eigenvalue weighted by Crippen LogP contribution is -2.49. The van der Waals surface area contributed by atoms with Crippen molar-refractivity contribution in [1.82, 2.24) is 30.0 Å². The van der Waals surface area contributed by atoms with Crippen molar-refractivity contribution in [3.05, 3.63) is 57.5 Å². The van der Waals surface area contributed by atoms with Gasteiger partial charge in [0.1, 0.15) is 5.52 Å². The van der Waals surface area contributed by atoms with Crippen molar-refractivity contribution in [3.8, 4) is 0 Å². The second kappa shape index (κ2) is 9.29. The first-order chi connectivity index (χ1) is 16.3. The Bertz CT molecular complexity index is 1280. The van der Waals surface area contributed by atoms with Crippen LogP contribution < -0.4 is 5.32 Å². The molecule has 3 atom stereocenters. The average Bonchev–Trinajstić information content (AvgIpc) is 3.46. The Labute approximate surface area is 209 Å². The summed E-state index contributed by atoms with van der Waals surface area (Å²) in [6.07, 6.45) is 6.64. The van der Waals surface area contributed by atoms with Crippen LogP contribution in [0.25, 0.3) is 16.7 Å². The van der Waals surface area contributed by atoms with Crippen molar-refractivity contribution in [1.29, 1.82) is 0 Å². The Morgan fingerprint density at radius 1 is 1.29 bits per heavy atom. The zero-order chi connectivity index (χ0) is 24.0. The van der Waals surface area contributed by atoms with Crippen LogP contribution in [0.15, 0.2) is 30.5 Å². The van der Waals surface area contributed by atoms with Gasteiger partial charge in [-0.2, -0.15) is 5.10 Å². The molecule has 1 fully saturated rings. The van der Waals surface area contributed by atoms with E-state index < -0.39 is 0 Å². The zero-order valence-corrected chi connectivity index (χ0v) is 21.1. The number of benzene rings is 1. The van der Waals surface area contributed by atoms with Gasteiger partial charge in [-0.15, -0.1) is 0 Å². The van der Waals surface area contributed by atoms with Gasteiger partial charge >= 0.3 is 0 Å². The molecule has 1 N–H and O–H groups in total. The molecule has 0 aliphatic carbocycles.